The van der Waals surface area contributed by atoms with E-state index in [2.05, 4.69) is 18.3 Å². The van der Waals surface area contributed by atoms with Gasteiger partial charge in [-0.3, -0.25) is 14.5 Å². The predicted molar refractivity (Wildman–Crippen MR) is 128 cm³/mol. The van der Waals surface area contributed by atoms with Gasteiger partial charge in [0, 0.05) is 12.6 Å². The van der Waals surface area contributed by atoms with E-state index in [0.717, 1.165) is 30.4 Å². The van der Waals surface area contributed by atoms with Crippen LogP contribution in [0.1, 0.15) is 49.3 Å². The Balaban J connectivity index is 1.37. The van der Waals surface area contributed by atoms with E-state index in [1.54, 1.807) is 0 Å². The molecule has 6 heteroatoms. The minimum absolute atomic E-state index is 0.0154. The average molecular weight is 448 g/mol. The van der Waals surface area contributed by atoms with Gasteiger partial charge in [0.1, 0.15) is 12.1 Å². The topological polar surface area (TPSA) is 52.7 Å². The summed E-state index contributed by atoms with van der Waals surface area (Å²) in [4.78, 5) is 30.6. The van der Waals surface area contributed by atoms with Crippen molar-refractivity contribution in [1.82, 2.24) is 15.1 Å². The number of benzene rings is 2. The number of carbonyl (C=O) groups excluding carboxylic acids is 2. The zero-order valence-corrected chi connectivity index (χ0v) is 19.2. The smallest absolute Gasteiger partial charge is 0.259 e. The van der Waals surface area contributed by atoms with Crippen LogP contribution in [0.4, 0.5) is 0 Å². The molecule has 2 amide bonds. The lowest BCUT2D eigenvalue weighted by atomic mass is 9.79. The summed E-state index contributed by atoms with van der Waals surface area (Å²) >= 11 is 5.57. The van der Waals surface area contributed by atoms with Gasteiger partial charge in [0.15, 0.2) is 5.11 Å². The lowest BCUT2D eigenvalue weighted by Crippen LogP contribution is -2.49. The second-order valence-corrected chi connectivity index (χ2v) is 9.71. The highest BCUT2D eigenvalue weighted by atomic mass is 32.1. The third-order valence-electron chi connectivity index (χ3n) is 7.56. The SMILES string of the molecule is CC(C1CCC1)N(Cc1ccccc1)C(=O)CN1C(=O)C2(CCc3ccccc32)NC1=S. The molecule has 0 radical (unpaired) electrons. The normalized spacial score (nSPS) is 23.1. The fraction of sp³-hybridized carbons (Fsp3) is 0.423. The number of hydrogen-bond donors (Lipinski definition) is 1. The first-order valence-electron chi connectivity index (χ1n) is 11.6. The third kappa shape index (κ3) is 3.51. The molecule has 2 aromatic carbocycles. The summed E-state index contributed by atoms with van der Waals surface area (Å²) in [5.41, 5.74) is 2.44. The molecule has 1 saturated heterocycles. The fourth-order valence-electron chi connectivity index (χ4n) is 5.38. The Morgan fingerprint density at radius 3 is 2.62 bits per heavy atom. The maximum Gasteiger partial charge on any atom is 0.259 e. The minimum atomic E-state index is -0.822. The summed E-state index contributed by atoms with van der Waals surface area (Å²) in [6, 6.07) is 18.2. The summed E-state index contributed by atoms with van der Waals surface area (Å²) in [7, 11) is 0. The molecular formula is C26H29N3O2S. The van der Waals surface area contributed by atoms with Gasteiger partial charge in [0.2, 0.25) is 5.91 Å². The molecule has 2 aromatic rings. The molecule has 2 aliphatic carbocycles. The number of nitrogens with zero attached hydrogens (tertiary/aromatic N) is 2. The van der Waals surface area contributed by atoms with Crippen molar-refractivity contribution >= 4 is 29.1 Å². The van der Waals surface area contributed by atoms with E-state index in [0.29, 0.717) is 24.0 Å². The molecule has 2 atom stereocenters. The van der Waals surface area contributed by atoms with Crippen LogP contribution in [0.5, 0.6) is 0 Å². The predicted octanol–water partition coefficient (Wildman–Crippen LogP) is 3.76. The first-order valence-corrected chi connectivity index (χ1v) is 12.0. The average Bonchev–Trinajstić information content (AvgIpc) is 3.24. The van der Waals surface area contributed by atoms with Gasteiger partial charge in [-0.2, -0.15) is 0 Å². The molecule has 1 heterocycles. The van der Waals surface area contributed by atoms with Crippen LogP contribution in [-0.4, -0.2) is 39.3 Å². The van der Waals surface area contributed by atoms with Gasteiger partial charge in [-0.05, 0) is 67.4 Å². The summed E-state index contributed by atoms with van der Waals surface area (Å²) in [5.74, 6) is 0.376. The first-order chi connectivity index (χ1) is 15.5. The molecule has 2 fully saturated rings. The highest BCUT2D eigenvalue weighted by Crippen LogP contribution is 2.41. The molecule has 5 nitrogen and oxygen atoms in total. The molecule has 2 unspecified atom stereocenters. The van der Waals surface area contributed by atoms with E-state index in [-0.39, 0.29) is 24.4 Å². The molecule has 166 valence electrons. The highest BCUT2D eigenvalue weighted by Gasteiger charge is 2.54. The van der Waals surface area contributed by atoms with E-state index in [1.165, 1.54) is 16.9 Å². The van der Waals surface area contributed by atoms with Crippen LogP contribution in [0.3, 0.4) is 0 Å². The van der Waals surface area contributed by atoms with Crippen molar-refractivity contribution in [3.05, 3.63) is 71.3 Å². The largest absolute Gasteiger partial charge is 0.344 e. The molecule has 1 N–H and O–H groups in total. The summed E-state index contributed by atoms with van der Waals surface area (Å²) < 4.78 is 0. The van der Waals surface area contributed by atoms with Gasteiger partial charge < -0.3 is 10.2 Å². The Morgan fingerprint density at radius 1 is 1.19 bits per heavy atom. The molecule has 0 aromatic heterocycles. The Kier molecular flexibility index (Phi) is 5.49. The number of fused-ring (bicyclic) bond motifs is 2. The van der Waals surface area contributed by atoms with Gasteiger partial charge in [-0.25, -0.2) is 0 Å². The Bertz CT molecular complexity index is 1050. The molecule has 1 aliphatic heterocycles. The molecule has 3 aliphatic rings. The Hall–Kier alpha value is -2.73. The lowest BCUT2D eigenvalue weighted by Gasteiger charge is -2.40. The van der Waals surface area contributed by atoms with E-state index >= 15 is 0 Å². The standard InChI is InChI=1S/C26H29N3O2S/c1-18(20-11-7-12-20)28(16-19-8-3-2-4-9-19)23(30)17-29-24(31)26(27-25(29)32)15-14-21-10-5-6-13-22(21)26/h2-6,8-10,13,18,20H,7,11-12,14-17H2,1H3,(H,27,32). The Labute approximate surface area is 194 Å². The van der Waals surface area contributed by atoms with Crippen LogP contribution in [0.15, 0.2) is 54.6 Å². The van der Waals surface area contributed by atoms with Crippen LogP contribution < -0.4 is 5.32 Å². The monoisotopic (exact) mass is 447 g/mol. The van der Waals surface area contributed by atoms with Gasteiger partial charge in [0.05, 0.1) is 0 Å². The van der Waals surface area contributed by atoms with Crippen LogP contribution in [0, 0.1) is 5.92 Å². The number of rotatable bonds is 6. The van der Waals surface area contributed by atoms with E-state index < -0.39 is 5.54 Å². The zero-order chi connectivity index (χ0) is 22.3. The van der Waals surface area contributed by atoms with Crippen molar-refractivity contribution in [2.75, 3.05) is 6.54 Å². The number of hydrogen-bond acceptors (Lipinski definition) is 3. The fourth-order valence-corrected chi connectivity index (χ4v) is 5.70. The molecule has 1 saturated carbocycles. The van der Waals surface area contributed by atoms with E-state index in [4.69, 9.17) is 12.2 Å². The van der Waals surface area contributed by atoms with Gasteiger partial charge >= 0.3 is 0 Å². The third-order valence-corrected chi connectivity index (χ3v) is 7.88. The van der Waals surface area contributed by atoms with Gasteiger partial charge in [0.25, 0.3) is 5.91 Å². The van der Waals surface area contributed by atoms with Crippen molar-refractivity contribution in [2.24, 2.45) is 5.92 Å². The second kappa shape index (κ2) is 8.32. The van der Waals surface area contributed by atoms with Crippen LogP contribution >= 0.6 is 12.2 Å². The van der Waals surface area contributed by atoms with Crippen molar-refractivity contribution in [2.45, 2.75) is 57.2 Å². The molecule has 5 rings (SSSR count). The van der Waals surface area contributed by atoms with E-state index in [1.807, 2.05) is 53.4 Å². The number of amides is 2. The van der Waals surface area contributed by atoms with Gasteiger partial charge in [-0.15, -0.1) is 0 Å². The second-order valence-electron chi connectivity index (χ2n) is 9.32. The number of thiocarbonyl (C=S) groups is 1. The minimum Gasteiger partial charge on any atom is -0.344 e. The van der Waals surface area contributed by atoms with Crippen LogP contribution in [0.2, 0.25) is 0 Å². The molecule has 32 heavy (non-hydrogen) atoms. The van der Waals surface area contributed by atoms with Crippen molar-refractivity contribution < 1.29 is 9.59 Å². The lowest BCUT2D eigenvalue weighted by molar-refractivity contribution is -0.141. The Morgan fingerprint density at radius 2 is 1.91 bits per heavy atom. The van der Waals surface area contributed by atoms with Crippen molar-refractivity contribution in [3.8, 4) is 0 Å². The summed E-state index contributed by atoms with van der Waals surface area (Å²) in [6.45, 7) is 2.67. The highest BCUT2D eigenvalue weighted by molar-refractivity contribution is 7.80. The summed E-state index contributed by atoms with van der Waals surface area (Å²) in [5, 5.41) is 3.65. The first kappa shape index (κ1) is 21.1. The summed E-state index contributed by atoms with van der Waals surface area (Å²) in [6.07, 6.45) is 5.04. The number of nitrogens with one attached hydrogen (secondary N) is 1. The van der Waals surface area contributed by atoms with Crippen LogP contribution in [0.25, 0.3) is 0 Å². The van der Waals surface area contributed by atoms with Crippen molar-refractivity contribution in [1.29, 1.82) is 0 Å². The number of carbonyl (C=O) groups is 2. The van der Waals surface area contributed by atoms with Crippen molar-refractivity contribution in [3.63, 3.8) is 0 Å². The van der Waals surface area contributed by atoms with Crippen LogP contribution in [-0.2, 0) is 28.1 Å². The van der Waals surface area contributed by atoms with Gasteiger partial charge in [-0.1, -0.05) is 61.0 Å². The molecule has 1 spiro atoms. The molecular weight excluding hydrogens is 418 g/mol. The number of aryl methyl sites for hydroxylation is 1. The van der Waals surface area contributed by atoms with E-state index in [9.17, 15) is 9.59 Å². The quantitative estimate of drug-likeness (QED) is 0.685. The zero-order valence-electron chi connectivity index (χ0n) is 18.4. The maximum atomic E-state index is 13.6. The maximum absolute atomic E-state index is 13.6. The molecule has 0 bridgehead atoms.